The minimum Gasteiger partial charge on any atom is -0.488 e. The summed E-state index contributed by atoms with van der Waals surface area (Å²) in [5, 5.41) is 8.96. The molecule has 0 aromatic heterocycles. The Labute approximate surface area is 162 Å². The second-order valence-electron chi connectivity index (χ2n) is 6.19. The molecule has 0 bridgehead atoms. The zero-order valence-corrected chi connectivity index (χ0v) is 15.3. The van der Waals surface area contributed by atoms with Crippen molar-refractivity contribution >= 4 is 23.7 Å². The zero-order chi connectivity index (χ0) is 19.9. The minimum atomic E-state index is -0.956. The summed E-state index contributed by atoms with van der Waals surface area (Å²) in [6, 6.07) is 21.2. The van der Waals surface area contributed by atoms with Gasteiger partial charge in [0.25, 0.3) is 0 Å². The van der Waals surface area contributed by atoms with Gasteiger partial charge in [-0.1, -0.05) is 36.4 Å². The van der Waals surface area contributed by atoms with Gasteiger partial charge in [0, 0.05) is 17.3 Å². The van der Waals surface area contributed by atoms with E-state index in [1.807, 2.05) is 30.3 Å². The predicted molar refractivity (Wildman–Crippen MR) is 108 cm³/mol. The fourth-order valence-electron chi connectivity index (χ4n) is 2.57. The molecule has 28 heavy (non-hydrogen) atoms. The van der Waals surface area contributed by atoms with E-state index >= 15 is 0 Å². The number of aromatic carboxylic acids is 1. The standard InChI is InChI=1S/C23H19NO4/c1-16(25)19-6-4-7-21(13-19)24-14-20-5-2-3-8-22(20)28-15-17-9-11-18(12-10-17)23(26)27/h2-14H,15H2,1H3,(H,26,27). The molecular formula is C23H19NO4. The highest BCUT2D eigenvalue weighted by atomic mass is 16.5. The summed E-state index contributed by atoms with van der Waals surface area (Å²) in [7, 11) is 0. The van der Waals surface area contributed by atoms with Gasteiger partial charge in [0.15, 0.2) is 5.78 Å². The summed E-state index contributed by atoms with van der Waals surface area (Å²) >= 11 is 0. The number of carboxylic acids is 1. The number of carboxylic acid groups (broad SMARTS) is 1. The van der Waals surface area contributed by atoms with Gasteiger partial charge in [-0.25, -0.2) is 4.79 Å². The van der Waals surface area contributed by atoms with Gasteiger partial charge in [-0.15, -0.1) is 0 Å². The Balaban J connectivity index is 1.73. The maximum Gasteiger partial charge on any atom is 0.335 e. The quantitative estimate of drug-likeness (QED) is 0.471. The number of para-hydroxylation sites is 1. The van der Waals surface area contributed by atoms with Gasteiger partial charge >= 0.3 is 5.97 Å². The van der Waals surface area contributed by atoms with E-state index in [1.54, 1.807) is 48.7 Å². The van der Waals surface area contributed by atoms with Crippen LogP contribution in [0.1, 0.15) is 38.8 Å². The van der Waals surface area contributed by atoms with Crippen LogP contribution in [0.3, 0.4) is 0 Å². The maximum absolute atomic E-state index is 11.5. The molecule has 0 aliphatic carbocycles. The first-order valence-corrected chi connectivity index (χ1v) is 8.72. The average molecular weight is 373 g/mol. The highest BCUT2D eigenvalue weighted by molar-refractivity contribution is 5.95. The van der Waals surface area contributed by atoms with Gasteiger partial charge < -0.3 is 9.84 Å². The van der Waals surface area contributed by atoms with Gasteiger partial charge in [-0.05, 0) is 48.9 Å². The summed E-state index contributed by atoms with van der Waals surface area (Å²) in [5.74, 6) is -0.297. The molecule has 5 nitrogen and oxygen atoms in total. The molecule has 5 heteroatoms. The summed E-state index contributed by atoms with van der Waals surface area (Å²) in [5.41, 5.74) is 3.21. The Morgan fingerprint density at radius 3 is 2.43 bits per heavy atom. The van der Waals surface area contributed by atoms with Gasteiger partial charge in [-0.2, -0.15) is 0 Å². The number of ether oxygens (including phenoxy) is 1. The number of benzene rings is 3. The van der Waals surface area contributed by atoms with Crippen molar-refractivity contribution in [2.75, 3.05) is 0 Å². The van der Waals surface area contributed by atoms with Crippen molar-refractivity contribution in [1.82, 2.24) is 0 Å². The fraction of sp³-hybridized carbons (Fsp3) is 0.0870. The van der Waals surface area contributed by atoms with Gasteiger partial charge in [0.05, 0.1) is 11.3 Å². The van der Waals surface area contributed by atoms with Crippen LogP contribution in [0, 0.1) is 0 Å². The van der Waals surface area contributed by atoms with Crippen LogP contribution in [0.15, 0.2) is 77.8 Å². The lowest BCUT2D eigenvalue weighted by Gasteiger charge is -2.09. The molecule has 0 unspecified atom stereocenters. The molecular weight excluding hydrogens is 354 g/mol. The molecule has 0 aliphatic rings. The van der Waals surface area contributed by atoms with Crippen molar-refractivity contribution in [1.29, 1.82) is 0 Å². The van der Waals surface area contributed by atoms with E-state index in [2.05, 4.69) is 4.99 Å². The molecule has 0 saturated carbocycles. The monoisotopic (exact) mass is 373 g/mol. The first-order chi connectivity index (χ1) is 13.5. The number of rotatable bonds is 7. The van der Waals surface area contributed by atoms with Crippen molar-refractivity contribution < 1.29 is 19.4 Å². The Kier molecular flexibility index (Phi) is 5.97. The van der Waals surface area contributed by atoms with Crippen LogP contribution in [-0.2, 0) is 6.61 Å². The molecule has 0 saturated heterocycles. The number of carbonyl (C=O) groups excluding carboxylic acids is 1. The van der Waals surface area contributed by atoms with E-state index in [4.69, 9.17) is 9.84 Å². The summed E-state index contributed by atoms with van der Waals surface area (Å²) in [6.07, 6.45) is 1.70. The average Bonchev–Trinajstić information content (AvgIpc) is 2.71. The van der Waals surface area contributed by atoms with E-state index in [0.29, 0.717) is 23.6 Å². The lowest BCUT2D eigenvalue weighted by Crippen LogP contribution is -2.00. The van der Waals surface area contributed by atoms with Crippen LogP contribution >= 0.6 is 0 Å². The van der Waals surface area contributed by atoms with Gasteiger partial charge in [-0.3, -0.25) is 9.79 Å². The number of hydrogen-bond donors (Lipinski definition) is 1. The highest BCUT2D eigenvalue weighted by Gasteiger charge is 2.05. The minimum absolute atomic E-state index is 0.00491. The Hall–Kier alpha value is -3.73. The number of nitrogens with zero attached hydrogens (tertiary/aromatic N) is 1. The molecule has 0 fully saturated rings. The SMILES string of the molecule is CC(=O)c1cccc(N=Cc2ccccc2OCc2ccc(C(=O)O)cc2)c1. The fourth-order valence-corrected chi connectivity index (χ4v) is 2.57. The van der Waals surface area contributed by atoms with Crippen LogP contribution in [0.5, 0.6) is 5.75 Å². The first-order valence-electron chi connectivity index (χ1n) is 8.72. The topological polar surface area (TPSA) is 76.0 Å². The van der Waals surface area contributed by atoms with Crippen molar-refractivity contribution in [3.63, 3.8) is 0 Å². The lowest BCUT2D eigenvalue weighted by atomic mass is 10.1. The Morgan fingerprint density at radius 1 is 0.964 bits per heavy atom. The van der Waals surface area contributed by atoms with Gasteiger partial charge in [0.1, 0.15) is 12.4 Å². The largest absolute Gasteiger partial charge is 0.488 e. The maximum atomic E-state index is 11.5. The molecule has 0 aliphatic heterocycles. The van der Waals surface area contributed by atoms with Crippen LogP contribution in [0.4, 0.5) is 5.69 Å². The molecule has 3 rings (SSSR count). The van der Waals surface area contributed by atoms with Crippen LogP contribution in [-0.4, -0.2) is 23.1 Å². The molecule has 0 spiro atoms. The lowest BCUT2D eigenvalue weighted by molar-refractivity contribution is 0.0696. The van der Waals surface area contributed by atoms with E-state index in [9.17, 15) is 9.59 Å². The third-order valence-electron chi connectivity index (χ3n) is 4.12. The molecule has 0 heterocycles. The summed E-state index contributed by atoms with van der Waals surface area (Å²) in [6.45, 7) is 1.83. The Morgan fingerprint density at radius 2 is 1.71 bits per heavy atom. The van der Waals surface area contributed by atoms with E-state index in [-0.39, 0.29) is 11.3 Å². The van der Waals surface area contributed by atoms with Gasteiger partial charge in [0.2, 0.25) is 0 Å². The second-order valence-corrected chi connectivity index (χ2v) is 6.19. The predicted octanol–water partition coefficient (Wildman–Crippen LogP) is 4.92. The number of Topliss-reactive ketones (excluding diaryl/α,β-unsaturated/α-hetero) is 1. The van der Waals surface area contributed by atoms with E-state index in [0.717, 1.165) is 11.1 Å². The molecule has 0 radical (unpaired) electrons. The normalized spacial score (nSPS) is 10.8. The number of carbonyl (C=O) groups is 2. The molecule has 3 aromatic rings. The number of hydrogen-bond acceptors (Lipinski definition) is 4. The molecule has 0 amide bonds. The molecule has 3 aromatic carbocycles. The third-order valence-corrected chi connectivity index (χ3v) is 4.12. The Bertz CT molecular complexity index is 1020. The summed E-state index contributed by atoms with van der Waals surface area (Å²) in [4.78, 5) is 26.9. The number of aliphatic imine (C=N–C) groups is 1. The summed E-state index contributed by atoms with van der Waals surface area (Å²) < 4.78 is 5.88. The van der Waals surface area contributed by atoms with Crippen molar-refractivity contribution in [2.24, 2.45) is 4.99 Å². The smallest absolute Gasteiger partial charge is 0.335 e. The number of ketones is 1. The van der Waals surface area contributed by atoms with E-state index in [1.165, 1.54) is 6.92 Å². The molecule has 140 valence electrons. The zero-order valence-electron chi connectivity index (χ0n) is 15.3. The first kappa shape index (κ1) is 19.0. The third kappa shape index (κ3) is 4.92. The van der Waals surface area contributed by atoms with Crippen LogP contribution < -0.4 is 4.74 Å². The molecule has 0 atom stereocenters. The van der Waals surface area contributed by atoms with Crippen molar-refractivity contribution in [3.05, 3.63) is 95.1 Å². The molecule has 1 N–H and O–H groups in total. The van der Waals surface area contributed by atoms with Crippen LogP contribution in [0.2, 0.25) is 0 Å². The van der Waals surface area contributed by atoms with Crippen molar-refractivity contribution in [3.8, 4) is 5.75 Å². The van der Waals surface area contributed by atoms with Crippen molar-refractivity contribution in [2.45, 2.75) is 13.5 Å². The van der Waals surface area contributed by atoms with E-state index < -0.39 is 5.97 Å². The second kappa shape index (κ2) is 8.77. The highest BCUT2D eigenvalue weighted by Crippen LogP contribution is 2.20. The van der Waals surface area contributed by atoms with Crippen LogP contribution in [0.25, 0.3) is 0 Å².